The molecule has 14 heavy (non-hydrogen) atoms. The number of hydrogen-bond acceptors (Lipinski definition) is 3. The molecule has 0 aliphatic heterocycles. The zero-order valence-corrected chi connectivity index (χ0v) is 7.80. The first-order valence-electron chi connectivity index (χ1n) is 4.52. The van der Waals surface area contributed by atoms with E-state index in [4.69, 9.17) is 0 Å². The fourth-order valence-electron chi connectivity index (χ4n) is 1.24. The van der Waals surface area contributed by atoms with E-state index in [0.717, 1.165) is 5.56 Å². The van der Waals surface area contributed by atoms with E-state index in [1.54, 1.807) is 0 Å². The van der Waals surface area contributed by atoms with Gasteiger partial charge >= 0.3 is 0 Å². The second-order valence-electron chi connectivity index (χ2n) is 3.19. The van der Waals surface area contributed by atoms with Crippen molar-refractivity contribution in [1.29, 1.82) is 0 Å². The van der Waals surface area contributed by atoms with Crippen molar-refractivity contribution in [2.24, 2.45) is 0 Å². The van der Waals surface area contributed by atoms with E-state index >= 15 is 0 Å². The molecule has 0 radical (unpaired) electrons. The molecule has 0 unspecified atom stereocenters. The van der Waals surface area contributed by atoms with Crippen molar-refractivity contribution in [3.8, 4) is 0 Å². The lowest BCUT2D eigenvalue weighted by Crippen LogP contribution is -2.19. The molecular formula is C10H13NO3. The van der Waals surface area contributed by atoms with Gasteiger partial charge in [-0.25, -0.2) is 0 Å². The van der Waals surface area contributed by atoms with Gasteiger partial charge in [-0.15, -0.1) is 0 Å². The second kappa shape index (κ2) is 5.34. The summed E-state index contributed by atoms with van der Waals surface area (Å²) in [5, 5.41) is 19.3. The van der Waals surface area contributed by atoms with Crippen molar-refractivity contribution in [3.63, 3.8) is 0 Å². The maximum absolute atomic E-state index is 10.1. The molecule has 0 heterocycles. The molecule has 1 aromatic carbocycles. The average Bonchev–Trinajstić information content (AvgIpc) is 2.15. The Bertz CT molecular complexity index is 287. The summed E-state index contributed by atoms with van der Waals surface area (Å²) in [6.07, 6.45) is 0.270. The molecule has 0 aliphatic carbocycles. The van der Waals surface area contributed by atoms with Gasteiger partial charge in [-0.2, -0.15) is 0 Å². The molecule has 0 saturated carbocycles. The number of nitro groups is 1. The van der Waals surface area contributed by atoms with Gasteiger partial charge in [-0.05, 0) is 18.4 Å². The molecular weight excluding hydrogens is 182 g/mol. The maximum Gasteiger partial charge on any atom is 0.229 e. The van der Waals surface area contributed by atoms with Crippen LogP contribution in [0.4, 0.5) is 0 Å². The van der Waals surface area contributed by atoms with E-state index < -0.39 is 11.0 Å². The van der Waals surface area contributed by atoms with Crippen molar-refractivity contribution in [2.75, 3.05) is 6.54 Å². The molecule has 0 bridgehead atoms. The fraction of sp³-hybridized carbons (Fsp3) is 0.400. The predicted octanol–water partition coefficient (Wildman–Crippen LogP) is 1.26. The molecule has 1 atom stereocenters. The Hall–Kier alpha value is -1.42. The number of aliphatic hydroxyl groups excluding tert-OH is 1. The topological polar surface area (TPSA) is 63.4 Å². The summed E-state index contributed by atoms with van der Waals surface area (Å²) in [7, 11) is 0. The van der Waals surface area contributed by atoms with Crippen LogP contribution >= 0.6 is 0 Å². The molecule has 0 fully saturated rings. The van der Waals surface area contributed by atoms with Crippen LogP contribution in [0.15, 0.2) is 30.3 Å². The summed E-state index contributed by atoms with van der Waals surface area (Å²) in [6.45, 7) is -0.368. The van der Waals surface area contributed by atoms with Crippen LogP contribution in [0.5, 0.6) is 0 Å². The molecule has 0 spiro atoms. The molecule has 1 N–H and O–H groups in total. The lowest BCUT2D eigenvalue weighted by Gasteiger charge is -2.05. The molecule has 4 nitrogen and oxygen atoms in total. The first-order valence-corrected chi connectivity index (χ1v) is 4.52. The van der Waals surface area contributed by atoms with E-state index in [1.807, 2.05) is 30.3 Å². The van der Waals surface area contributed by atoms with Crippen molar-refractivity contribution in [3.05, 3.63) is 46.0 Å². The van der Waals surface area contributed by atoms with Crippen molar-refractivity contribution in [1.82, 2.24) is 0 Å². The lowest BCUT2D eigenvalue weighted by atomic mass is 10.1. The van der Waals surface area contributed by atoms with Gasteiger partial charge < -0.3 is 5.11 Å². The number of aliphatic hydroxyl groups is 1. The van der Waals surface area contributed by atoms with Gasteiger partial charge in [-0.1, -0.05) is 30.3 Å². The Morgan fingerprint density at radius 2 is 2.00 bits per heavy atom. The van der Waals surface area contributed by atoms with E-state index in [0.29, 0.717) is 12.8 Å². The van der Waals surface area contributed by atoms with Gasteiger partial charge in [0.2, 0.25) is 6.54 Å². The molecule has 76 valence electrons. The molecule has 1 aromatic rings. The van der Waals surface area contributed by atoms with Crippen LogP contribution in [0.25, 0.3) is 0 Å². The third-order valence-electron chi connectivity index (χ3n) is 1.97. The summed E-state index contributed by atoms with van der Waals surface area (Å²) in [4.78, 5) is 9.58. The van der Waals surface area contributed by atoms with E-state index in [2.05, 4.69) is 0 Å². The van der Waals surface area contributed by atoms with E-state index in [9.17, 15) is 15.2 Å². The van der Waals surface area contributed by atoms with Crippen molar-refractivity contribution < 1.29 is 10.0 Å². The Labute approximate surface area is 82.3 Å². The monoisotopic (exact) mass is 195 g/mol. The lowest BCUT2D eigenvalue weighted by molar-refractivity contribution is -0.490. The van der Waals surface area contributed by atoms with Crippen LogP contribution in [0.1, 0.15) is 12.0 Å². The standard InChI is InChI=1S/C10H13NO3/c12-10(8-11(13)14)7-6-9-4-2-1-3-5-9/h1-5,10,12H,6-8H2/t10-/m1/s1. The van der Waals surface area contributed by atoms with Crippen LogP contribution in [0, 0.1) is 10.1 Å². The minimum atomic E-state index is -0.842. The summed E-state index contributed by atoms with van der Waals surface area (Å²) in [6, 6.07) is 9.62. The van der Waals surface area contributed by atoms with E-state index in [-0.39, 0.29) is 6.54 Å². The molecule has 0 saturated heterocycles. The number of rotatable bonds is 5. The Kier molecular flexibility index (Phi) is 4.07. The number of nitrogens with zero attached hydrogens (tertiary/aromatic N) is 1. The summed E-state index contributed by atoms with van der Waals surface area (Å²) in [5.74, 6) is 0. The van der Waals surface area contributed by atoms with Crippen LogP contribution < -0.4 is 0 Å². The highest BCUT2D eigenvalue weighted by molar-refractivity contribution is 5.14. The Morgan fingerprint density at radius 1 is 1.36 bits per heavy atom. The van der Waals surface area contributed by atoms with Gasteiger partial charge in [0.15, 0.2) is 0 Å². The Balaban J connectivity index is 2.30. The van der Waals surface area contributed by atoms with Crippen LogP contribution in [-0.4, -0.2) is 22.7 Å². The Morgan fingerprint density at radius 3 is 2.57 bits per heavy atom. The highest BCUT2D eigenvalue weighted by Gasteiger charge is 2.10. The van der Waals surface area contributed by atoms with E-state index in [1.165, 1.54) is 0 Å². The SMILES string of the molecule is O=[N+]([O-])C[C@H](O)CCc1ccccc1. The van der Waals surface area contributed by atoms with Crippen LogP contribution in [0.3, 0.4) is 0 Å². The smallest absolute Gasteiger partial charge is 0.229 e. The summed E-state index contributed by atoms with van der Waals surface area (Å²) >= 11 is 0. The first-order chi connectivity index (χ1) is 6.68. The highest BCUT2D eigenvalue weighted by Crippen LogP contribution is 2.04. The molecule has 1 rings (SSSR count). The number of hydrogen-bond donors (Lipinski definition) is 1. The maximum atomic E-state index is 10.1. The third kappa shape index (κ3) is 4.00. The minimum absolute atomic E-state index is 0.368. The molecule has 0 amide bonds. The fourth-order valence-corrected chi connectivity index (χ4v) is 1.24. The molecule has 0 aliphatic rings. The van der Waals surface area contributed by atoms with Crippen molar-refractivity contribution >= 4 is 0 Å². The predicted molar refractivity (Wildman–Crippen MR) is 52.6 cm³/mol. The summed E-state index contributed by atoms with van der Waals surface area (Å²) < 4.78 is 0. The first kappa shape index (κ1) is 10.7. The normalized spacial score (nSPS) is 12.4. The zero-order chi connectivity index (χ0) is 10.4. The number of aryl methyl sites for hydroxylation is 1. The highest BCUT2D eigenvalue weighted by atomic mass is 16.6. The quantitative estimate of drug-likeness (QED) is 0.568. The van der Waals surface area contributed by atoms with Gasteiger partial charge in [-0.3, -0.25) is 10.1 Å². The molecule has 0 aromatic heterocycles. The van der Waals surface area contributed by atoms with Gasteiger partial charge in [0, 0.05) is 4.92 Å². The largest absolute Gasteiger partial charge is 0.386 e. The summed E-state index contributed by atoms with van der Waals surface area (Å²) in [5.41, 5.74) is 1.09. The van der Waals surface area contributed by atoms with Crippen LogP contribution in [-0.2, 0) is 6.42 Å². The van der Waals surface area contributed by atoms with Gasteiger partial charge in [0.1, 0.15) is 6.10 Å². The average molecular weight is 195 g/mol. The second-order valence-corrected chi connectivity index (χ2v) is 3.19. The van der Waals surface area contributed by atoms with Crippen molar-refractivity contribution in [2.45, 2.75) is 18.9 Å². The van der Waals surface area contributed by atoms with Gasteiger partial charge in [0.25, 0.3) is 0 Å². The molecule has 4 heteroatoms. The van der Waals surface area contributed by atoms with Crippen LogP contribution in [0.2, 0.25) is 0 Å². The van der Waals surface area contributed by atoms with Gasteiger partial charge in [0.05, 0.1) is 0 Å². The third-order valence-corrected chi connectivity index (χ3v) is 1.97. The number of benzene rings is 1. The zero-order valence-electron chi connectivity index (χ0n) is 7.80. The minimum Gasteiger partial charge on any atom is -0.386 e.